The van der Waals surface area contributed by atoms with Crippen LogP contribution in [0.25, 0.3) is 0 Å². The minimum atomic E-state index is 0.431. The third-order valence-electron chi connectivity index (χ3n) is 2.32. The third kappa shape index (κ3) is 4.74. The van der Waals surface area contributed by atoms with Gasteiger partial charge in [0.15, 0.2) is 0 Å². The maximum absolute atomic E-state index is 3.78. The molecular formula is C11H20N4. The second-order valence-electron chi connectivity index (χ2n) is 3.99. The average molecular weight is 208 g/mol. The van der Waals surface area contributed by atoms with Gasteiger partial charge in [0.05, 0.1) is 0 Å². The number of hydrogen-bond donors (Lipinski definition) is 1. The third-order valence-corrected chi connectivity index (χ3v) is 2.32. The fourth-order valence-corrected chi connectivity index (χ4v) is 1.62. The summed E-state index contributed by atoms with van der Waals surface area (Å²) in [5, 5.41) is 11.1. The van der Waals surface area contributed by atoms with E-state index in [4.69, 9.17) is 0 Å². The van der Waals surface area contributed by atoms with Gasteiger partial charge in [-0.05, 0) is 26.7 Å². The van der Waals surface area contributed by atoms with Crippen LogP contribution in [0.2, 0.25) is 0 Å². The smallest absolute Gasteiger partial charge is 0.119 e. The normalized spacial score (nSPS) is 14.8. The van der Waals surface area contributed by atoms with E-state index in [-0.39, 0.29) is 0 Å². The molecular weight excluding hydrogens is 188 g/mol. The van der Waals surface area contributed by atoms with Gasteiger partial charge in [-0.15, -0.1) is 16.8 Å². The van der Waals surface area contributed by atoms with Crippen molar-refractivity contribution < 1.29 is 0 Å². The van der Waals surface area contributed by atoms with E-state index in [1.54, 1.807) is 12.7 Å². The van der Waals surface area contributed by atoms with E-state index >= 15 is 0 Å². The van der Waals surface area contributed by atoms with Crippen molar-refractivity contribution in [1.29, 1.82) is 0 Å². The van der Waals surface area contributed by atoms with E-state index in [1.165, 1.54) is 0 Å². The molecule has 2 atom stereocenters. The molecule has 0 fully saturated rings. The van der Waals surface area contributed by atoms with Gasteiger partial charge >= 0.3 is 0 Å². The average Bonchev–Trinajstić information content (AvgIpc) is 2.67. The van der Waals surface area contributed by atoms with E-state index in [0.717, 1.165) is 19.4 Å². The highest BCUT2D eigenvalue weighted by Gasteiger charge is 2.06. The van der Waals surface area contributed by atoms with Crippen molar-refractivity contribution in [2.24, 2.45) is 0 Å². The molecule has 1 N–H and O–H groups in total. The molecule has 1 aromatic rings. The summed E-state index contributed by atoms with van der Waals surface area (Å²) in [4.78, 5) is 0. The molecule has 0 spiro atoms. The van der Waals surface area contributed by atoms with Gasteiger partial charge in [0.1, 0.15) is 12.7 Å². The van der Waals surface area contributed by atoms with Gasteiger partial charge in [0.2, 0.25) is 0 Å². The maximum Gasteiger partial charge on any atom is 0.119 e. The Kier molecular flexibility index (Phi) is 5.04. The number of nitrogens with one attached hydrogen (secondary N) is 1. The quantitative estimate of drug-likeness (QED) is 0.692. The van der Waals surface area contributed by atoms with E-state index in [0.29, 0.717) is 12.1 Å². The second-order valence-corrected chi connectivity index (χ2v) is 3.99. The van der Waals surface area contributed by atoms with Crippen LogP contribution in [-0.2, 0) is 6.54 Å². The van der Waals surface area contributed by atoms with Crippen molar-refractivity contribution in [2.75, 3.05) is 0 Å². The van der Waals surface area contributed by atoms with Crippen LogP contribution in [0.5, 0.6) is 0 Å². The van der Waals surface area contributed by atoms with Gasteiger partial charge in [-0.3, -0.25) is 0 Å². The van der Waals surface area contributed by atoms with Crippen molar-refractivity contribution in [3.05, 3.63) is 25.3 Å². The van der Waals surface area contributed by atoms with Crippen LogP contribution in [-0.4, -0.2) is 26.8 Å². The number of allylic oxidation sites excluding steroid dienone is 1. The summed E-state index contributed by atoms with van der Waals surface area (Å²) in [5.41, 5.74) is 0. The van der Waals surface area contributed by atoms with E-state index in [2.05, 4.69) is 35.9 Å². The highest BCUT2D eigenvalue weighted by molar-refractivity contribution is 4.74. The first-order chi connectivity index (χ1) is 7.22. The first-order valence-electron chi connectivity index (χ1n) is 5.41. The highest BCUT2D eigenvalue weighted by Crippen LogP contribution is 1.99. The molecule has 1 rings (SSSR count). The van der Waals surface area contributed by atoms with Crippen molar-refractivity contribution in [3.8, 4) is 0 Å². The minimum Gasteiger partial charge on any atom is -0.319 e. The molecule has 0 radical (unpaired) electrons. The first-order valence-corrected chi connectivity index (χ1v) is 5.41. The van der Waals surface area contributed by atoms with Gasteiger partial charge < -0.3 is 9.88 Å². The largest absolute Gasteiger partial charge is 0.319 e. The summed E-state index contributed by atoms with van der Waals surface area (Å²) in [6.07, 6.45) is 7.64. The molecule has 0 aliphatic heterocycles. The van der Waals surface area contributed by atoms with Crippen molar-refractivity contribution in [3.63, 3.8) is 0 Å². The van der Waals surface area contributed by atoms with Crippen LogP contribution < -0.4 is 5.32 Å². The Morgan fingerprint density at radius 2 is 2.00 bits per heavy atom. The molecule has 0 saturated heterocycles. The number of rotatable bonds is 7. The Hall–Kier alpha value is -1.16. The topological polar surface area (TPSA) is 42.7 Å². The molecule has 0 amide bonds. The summed E-state index contributed by atoms with van der Waals surface area (Å²) < 4.78 is 1.98. The molecule has 1 heterocycles. The van der Waals surface area contributed by atoms with Crippen molar-refractivity contribution in [1.82, 2.24) is 20.1 Å². The molecule has 0 bridgehead atoms. The Labute approximate surface area is 91.4 Å². The lowest BCUT2D eigenvalue weighted by atomic mass is 10.1. The lowest BCUT2D eigenvalue weighted by Crippen LogP contribution is -2.37. The number of aromatic nitrogens is 3. The molecule has 1 aromatic heterocycles. The highest BCUT2D eigenvalue weighted by atomic mass is 15.2. The van der Waals surface area contributed by atoms with Gasteiger partial charge in [-0.2, -0.15) is 0 Å². The molecule has 0 saturated carbocycles. The second kappa shape index (κ2) is 6.35. The van der Waals surface area contributed by atoms with Crippen molar-refractivity contribution >= 4 is 0 Å². The van der Waals surface area contributed by atoms with Crippen LogP contribution in [0, 0.1) is 0 Å². The molecule has 15 heavy (non-hydrogen) atoms. The van der Waals surface area contributed by atoms with Gasteiger partial charge in [-0.25, -0.2) is 0 Å². The van der Waals surface area contributed by atoms with Gasteiger partial charge in [-0.1, -0.05) is 6.08 Å². The van der Waals surface area contributed by atoms with Crippen LogP contribution in [0.4, 0.5) is 0 Å². The Morgan fingerprint density at radius 3 is 2.60 bits per heavy atom. The summed E-state index contributed by atoms with van der Waals surface area (Å²) in [6, 6.07) is 0.954. The van der Waals surface area contributed by atoms with Crippen LogP contribution in [0.3, 0.4) is 0 Å². The fraction of sp³-hybridized carbons (Fsp3) is 0.636. The summed E-state index contributed by atoms with van der Waals surface area (Å²) >= 11 is 0. The molecule has 84 valence electrons. The zero-order valence-electron chi connectivity index (χ0n) is 9.56. The first kappa shape index (κ1) is 11.9. The van der Waals surface area contributed by atoms with E-state index < -0.39 is 0 Å². The molecule has 4 nitrogen and oxygen atoms in total. The van der Waals surface area contributed by atoms with Gasteiger partial charge in [0.25, 0.3) is 0 Å². The molecule has 4 heteroatoms. The summed E-state index contributed by atoms with van der Waals surface area (Å²) in [7, 11) is 0. The van der Waals surface area contributed by atoms with Crippen LogP contribution >= 0.6 is 0 Å². The lowest BCUT2D eigenvalue weighted by molar-refractivity contribution is 0.409. The Balaban J connectivity index is 2.23. The molecule has 0 aliphatic rings. The van der Waals surface area contributed by atoms with E-state index in [1.807, 2.05) is 10.6 Å². The zero-order valence-corrected chi connectivity index (χ0v) is 9.56. The van der Waals surface area contributed by atoms with Gasteiger partial charge in [0, 0.05) is 18.6 Å². The fourth-order valence-electron chi connectivity index (χ4n) is 1.62. The van der Waals surface area contributed by atoms with Crippen LogP contribution in [0.15, 0.2) is 25.3 Å². The van der Waals surface area contributed by atoms with E-state index in [9.17, 15) is 0 Å². The van der Waals surface area contributed by atoms with Crippen LogP contribution in [0.1, 0.15) is 26.7 Å². The number of hydrogen-bond acceptors (Lipinski definition) is 3. The zero-order chi connectivity index (χ0) is 11.1. The number of nitrogens with zero attached hydrogens (tertiary/aromatic N) is 3. The monoisotopic (exact) mass is 208 g/mol. The lowest BCUT2D eigenvalue weighted by Gasteiger charge is -2.19. The minimum absolute atomic E-state index is 0.431. The summed E-state index contributed by atoms with van der Waals surface area (Å²) in [6.45, 7) is 9.00. The summed E-state index contributed by atoms with van der Waals surface area (Å²) in [5.74, 6) is 0. The SMILES string of the molecule is C=CCCC(C)NC(C)Cn1cnnc1. The maximum atomic E-state index is 3.78. The van der Waals surface area contributed by atoms with Crippen molar-refractivity contribution in [2.45, 2.75) is 45.3 Å². The standard InChI is InChI=1S/C11H20N4/c1-4-5-6-10(2)14-11(3)7-15-8-12-13-9-15/h4,8-11,14H,1,5-7H2,2-3H3. The predicted molar refractivity (Wildman–Crippen MR) is 61.5 cm³/mol. The molecule has 0 aliphatic carbocycles. The molecule has 2 unspecified atom stereocenters. The molecule has 0 aromatic carbocycles. The predicted octanol–water partition coefficient (Wildman–Crippen LogP) is 1.61. The Morgan fingerprint density at radius 1 is 1.33 bits per heavy atom. The Bertz CT molecular complexity index is 268.